The molecule has 1 nitrogen and oxygen atoms in total. The van der Waals surface area contributed by atoms with Crippen molar-refractivity contribution in [3.63, 3.8) is 0 Å². The van der Waals surface area contributed by atoms with Crippen LogP contribution in [-0.2, 0) is 6.42 Å². The average molecular weight is 211 g/mol. The van der Waals surface area contributed by atoms with Crippen LogP contribution in [0.1, 0.15) is 24.0 Å². The first-order chi connectivity index (χ1) is 7.75. The van der Waals surface area contributed by atoms with Crippen LogP contribution in [0.2, 0.25) is 0 Å². The van der Waals surface area contributed by atoms with Crippen molar-refractivity contribution < 1.29 is 0 Å². The molecule has 0 spiro atoms. The van der Waals surface area contributed by atoms with Gasteiger partial charge in [0.2, 0.25) is 0 Å². The summed E-state index contributed by atoms with van der Waals surface area (Å²) in [4.78, 5) is 0. The molecule has 16 heavy (non-hydrogen) atoms. The van der Waals surface area contributed by atoms with Crippen LogP contribution in [0.15, 0.2) is 54.6 Å². The molecule has 0 radical (unpaired) electrons. The van der Waals surface area contributed by atoms with E-state index in [1.54, 1.807) is 0 Å². The third kappa shape index (κ3) is 2.63. The first-order valence-corrected chi connectivity index (χ1v) is 5.65. The van der Waals surface area contributed by atoms with Gasteiger partial charge in [0, 0.05) is 5.69 Å². The molecule has 0 aliphatic heterocycles. The minimum absolute atomic E-state index is 0.531. The summed E-state index contributed by atoms with van der Waals surface area (Å²) >= 11 is 0. The summed E-state index contributed by atoms with van der Waals surface area (Å²) in [7, 11) is 0. The summed E-state index contributed by atoms with van der Waals surface area (Å²) in [5.41, 5.74) is 9.24. The number of hydrogen-bond acceptors (Lipinski definition) is 1. The molecule has 2 N–H and O–H groups in total. The van der Waals surface area contributed by atoms with E-state index in [0.29, 0.717) is 5.92 Å². The van der Waals surface area contributed by atoms with Crippen molar-refractivity contribution in [1.82, 2.24) is 0 Å². The highest BCUT2D eigenvalue weighted by Crippen LogP contribution is 2.21. The van der Waals surface area contributed by atoms with Crippen LogP contribution < -0.4 is 5.73 Å². The van der Waals surface area contributed by atoms with E-state index in [2.05, 4.69) is 49.4 Å². The molecule has 1 heteroatoms. The van der Waals surface area contributed by atoms with Gasteiger partial charge in [-0.15, -0.1) is 0 Å². The fraction of sp³-hybridized carbons (Fsp3) is 0.200. The summed E-state index contributed by atoms with van der Waals surface area (Å²) in [6, 6.07) is 18.7. The van der Waals surface area contributed by atoms with Gasteiger partial charge in [0.15, 0.2) is 0 Å². The summed E-state index contributed by atoms with van der Waals surface area (Å²) in [5, 5.41) is 0. The Labute approximate surface area is 96.9 Å². The summed E-state index contributed by atoms with van der Waals surface area (Å²) in [5.74, 6) is 0.531. The summed E-state index contributed by atoms with van der Waals surface area (Å²) in [6.45, 7) is 2.25. The van der Waals surface area contributed by atoms with Crippen LogP contribution >= 0.6 is 0 Å². The molecule has 2 aromatic carbocycles. The van der Waals surface area contributed by atoms with Crippen molar-refractivity contribution in [3.05, 3.63) is 65.7 Å². The maximum absolute atomic E-state index is 5.68. The number of nitrogen functional groups attached to an aromatic ring is 1. The van der Waals surface area contributed by atoms with Gasteiger partial charge in [-0.2, -0.15) is 0 Å². The molecule has 2 rings (SSSR count). The fourth-order valence-corrected chi connectivity index (χ4v) is 1.91. The van der Waals surface area contributed by atoms with Crippen LogP contribution in [0.5, 0.6) is 0 Å². The second-order valence-corrected chi connectivity index (χ2v) is 4.26. The van der Waals surface area contributed by atoms with Crippen LogP contribution in [0.3, 0.4) is 0 Å². The number of hydrogen-bond donors (Lipinski definition) is 1. The van der Waals surface area contributed by atoms with Crippen molar-refractivity contribution in [2.24, 2.45) is 0 Å². The van der Waals surface area contributed by atoms with E-state index in [-0.39, 0.29) is 0 Å². The lowest BCUT2D eigenvalue weighted by Crippen LogP contribution is -1.98. The fourth-order valence-electron chi connectivity index (χ4n) is 1.91. The Hall–Kier alpha value is -1.76. The average Bonchev–Trinajstić information content (AvgIpc) is 2.31. The zero-order valence-corrected chi connectivity index (χ0v) is 9.56. The molecule has 82 valence electrons. The van der Waals surface area contributed by atoms with Crippen LogP contribution in [0, 0.1) is 0 Å². The molecule has 0 saturated heterocycles. The minimum Gasteiger partial charge on any atom is -0.399 e. The monoisotopic (exact) mass is 211 g/mol. The van der Waals surface area contributed by atoms with Crippen LogP contribution in [0.25, 0.3) is 0 Å². The Kier molecular flexibility index (Phi) is 3.25. The van der Waals surface area contributed by atoms with Crippen molar-refractivity contribution >= 4 is 5.69 Å². The van der Waals surface area contributed by atoms with E-state index >= 15 is 0 Å². The van der Waals surface area contributed by atoms with Gasteiger partial charge < -0.3 is 5.73 Å². The van der Waals surface area contributed by atoms with Gasteiger partial charge in [0.05, 0.1) is 0 Å². The molecule has 0 amide bonds. The third-order valence-corrected chi connectivity index (χ3v) is 2.89. The number of anilines is 1. The number of benzene rings is 2. The van der Waals surface area contributed by atoms with Crippen molar-refractivity contribution in [2.75, 3.05) is 5.73 Å². The quantitative estimate of drug-likeness (QED) is 0.771. The third-order valence-electron chi connectivity index (χ3n) is 2.89. The molecule has 1 atom stereocenters. The molecule has 0 aliphatic carbocycles. The van der Waals surface area contributed by atoms with E-state index in [1.165, 1.54) is 11.1 Å². The maximum atomic E-state index is 5.68. The lowest BCUT2D eigenvalue weighted by molar-refractivity contribution is 0.759. The van der Waals surface area contributed by atoms with E-state index in [4.69, 9.17) is 5.73 Å². The van der Waals surface area contributed by atoms with Gasteiger partial charge in [-0.25, -0.2) is 0 Å². The van der Waals surface area contributed by atoms with E-state index in [0.717, 1.165) is 12.1 Å². The van der Waals surface area contributed by atoms with Crippen molar-refractivity contribution in [3.8, 4) is 0 Å². The molecule has 0 heterocycles. The van der Waals surface area contributed by atoms with Gasteiger partial charge in [-0.05, 0) is 35.6 Å². The minimum atomic E-state index is 0.531. The second-order valence-electron chi connectivity index (χ2n) is 4.26. The zero-order chi connectivity index (χ0) is 11.4. The van der Waals surface area contributed by atoms with E-state index in [9.17, 15) is 0 Å². The van der Waals surface area contributed by atoms with Crippen molar-refractivity contribution in [1.29, 1.82) is 0 Å². The van der Waals surface area contributed by atoms with Gasteiger partial charge in [0.25, 0.3) is 0 Å². The molecule has 0 aliphatic rings. The predicted octanol–water partition coefficient (Wildman–Crippen LogP) is 3.62. The Bertz CT molecular complexity index is 431. The highest BCUT2D eigenvalue weighted by molar-refractivity contribution is 5.40. The molecular weight excluding hydrogens is 194 g/mol. The molecule has 1 unspecified atom stereocenters. The molecule has 0 fully saturated rings. The Balaban J connectivity index is 2.09. The molecule has 0 bridgehead atoms. The Morgan fingerprint density at radius 1 is 0.938 bits per heavy atom. The molecule has 2 aromatic rings. The highest BCUT2D eigenvalue weighted by atomic mass is 14.5. The largest absolute Gasteiger partial charge is 0.399 e. The first-order valence-electron chi connectivity index (χ1n) is 5.65. The predicted molar refractivity (Wildman–Crippen MR) is 69.4 cm³/mol. The van der Waals surface area contributed by atoms with Crippen molar-refractivity contribution in [2.45, 2.75) is 19.3 Å². The lowest BCUT2D eigenvalue weighted by atomic mass is 9.94. The molecule has 0 aromatic heterocycles. The lowest BCUT2D eigenvalue weighted by Gasteiger charge is -2.12. The standard InChI is InChI=1S/C15H17N/c1-12(11-13-5-3-2-4-6-13)14-7-9-15(16)10-8-14/h2-10,12H,11,16H2,1H3. The second kappa shape index (κ2) is 4.84. The Morgan fingerprint density at radius 2 is 1.56 bits per heavy atom. The smallest absolute Gasteiger partial charge is 0.0314 e. The molecular formula is C15H17N. The summed E-state index contributed by atoms with van der Waals surface area (Å²) < 4.78 is 0. The highest BCUT2D eigenvalue weighted by Gasteiger charge is 2.05. The van der Waals surface area contributed by atoms with Gasteiger partial charge in [-0.1, -0.05) is 49.4 Å². The zero-order valence-electron chi connectivity index (χ0n) is 9.56. The Morgan fingerprint density at radius 3 is 2.19 bits per heavy atom. The van der Waals surface area contributed by atoms with E-state index in [1.807, 2.05) is 12.1 Å². The topological polar surface area (TPSA) is 26.0 Å². The molecule has 0 saturated carbocycles. The SMILES string of the molecule is CC(Cc1ccccc1)c1ccc(N)cc1. The number of rotatable bonds is 3. The first kappa shape index (κ1) is 10.7. The van der Waals surface area contributed by atoms with Gasteiger partial charge in [0.1, 0.15) is 0 Å². The maximum Gasteiger partial charge on any atom is 0.0314 e. The van der Waals surface area contributed by atoms with Gasteiger partial charge >= 0.3 is 0 Å². The number of nitrogens with two attached hydrogens (primary N) is 1. The van der Waals surface area contributed by atoms with E-state index < -0.39 is 0 Å². The van der Waals surface area contributed by atoms with Crippen LogP contribution in [-0.4, -0.2) is 0 Å². The normalized spacial score (nSPS) is 12.3. The summed E-state index contributed by atoms with van der Waals surface area (Å²) in [6.07, 6.45) is 1.07. The van der Waals surface area contributed by atoms with Crippen LogP contribution in [0.4, 0.5) is 5.69 Å². The van der Waals surface area contributed by atoms with Gasteiger partial charge in [-0.3, -0.25) is 0 Å².